The zero-order chi connectivity index (χ0) is 16.9. The Morgan fingerprint density at radius 3 is 2.61 bits per heavy atom. The summed E-state index contributed by atoms with van der Waals surface area (Å²) in [4.78, 5) is 27.6. The van der Waals surface area contributed by atoms with Gasteiger partial charge in [0.25, 0.3) is 0 Å². The highest BCUT2D eigenvalue weighted by Gasteiger charge is 2.42. The average Bonchev–Trinajstić information content (AvgIpc) is 2.91. The van der Waals surface area contributed by atoms with Gasteiger partial charge in [0.2, 0.25) is 11.8 Å². The van der Waals surface area contributed by atoms with Crippen molar-refractivity contribution in [2.75, 3.05) is 6.54 Å². The van der Waals surface area contributed by atoms with Crippen molar-refractivity contribution in [3.05, 3.63) is 34.0 Å². The molecule has 6 heteroatoms. The lowest BCUT2D eigenvalue weighted by Crippen LogP contribution is -2.60. The molecule has 23 heavy (non-hydrogen) atoms. The molecule has 1 fully saturated rings. The zero-order valence-corrected chi connectivity index (χ0v) is 15.0. The monoisotopic (exact) mass is 354 g/mol. The maximum atomic E-state index is 13.2. The number of hydrogen-bond donors (Lipinski definition) is 1. The van der Waals surface area contributed by atoms with E-state index in [1.54, 1.807) is 11.0 Å². The molecule has 0 saturated heterocycles. The third-order valence-electron chi connectivity index (χ3n) is 4.14. The fourth-order valence-electron chi connectivity index (χ4n) is 3.19. The Kier molecular flexibility index (Phi) is 6.25. The van der Waals surface area contributed by atoms with Gasteiger partial charge in [0.15, 0.2) is 0 Å². The van der Waals surface area contributed by atoms with E-state index in [1.165, 1.54) is 18.3 Å². The van der Waals surface area contributed by atoms with E-state index in [2.05, 4.69) is 11.9 Å². The number of carbonyl (C=O) groups excluding carboxylic acids is 2. The van der Waals surface area contributed by atoms with E-state index < -0.39 is 5.54 Å². The van der Waals surface area contributed by atoms with E-state index in [0.29, 0.717) is 30.3 Å². The maximum Gasteiger partial charge on any atom is 0.248 e. The van der Waals surface area contributed by atoms with Crippen molar-refractivity contribution in [2.24, 2.45) is 0 Å². The van der Waals surface area contributed by atoms with Crippen molar-refractivity contribution in [1.82, 2.24) is 10.2 Å². The van der Waals surface area contributed by atoms with Gasteiger partial charge in [-0.15, -0.1) is 17.9 Å². The Hall–Kier alpha value is -1.33. The van der Waals surface area contributed by atoms with Crippen LogP contribution in [0.25, 0.3) is 0 Å². The van der Waals surface area contributed by atoms with Crippen LogP contribution in [0.15, 0.2) is 24.8 Å². The van der Waals surface area contributed by atoms with Gasteiger partial charge in [-0.1, -0.05) is 36.9 Å². The quantitative estimate of drug-likeness (QED) is 0.791. The predicted molar refractivity (Wildman–Crippen MR) is 94.6 cm³/mol. The Morgan fingerprint density at radius 1 is 1.39 bits per heavy atom. The van der Waals surface area contributed by atoms with E-state index in [0.717, 1.165) is 24.1 Å². The predicted octanol–water partition coefficient (Wildman–Crippen LogP) is 3.76. The summed E-state index contributed by atoms with van der Waals surface area (Å²) in [6, 6.07) is 3.77. The zero-order valence-electron chi connectivity index (χ0n) is 13.4. The van der Waals surface area contributed by atoms with E-state index in [9.17, 15) is 9.59 Å². The SMILES string of the molecule is C=CCN(Cc1ccc(Cl)s1)C(=O)C1(NC(C)=O)CCCCC1. The fraction of sp³-hybridized carbons (Fsp3) is 0.529. The van der Waals surface area contributed by atoms with Crippen molar-refractivity contribution < 1.29 is 9.59 Å². The van der Waals surface area contributed by atoms with Crippen molar-refractivity contribution >= 4 is 34.8 Å². The molecule has 1 heterocycles. The minimum Gasteiger partial charge on any atom is -0.342 e. The molecule has 1 aromatic heterocycles. The van der Waals surface area contributed by atoms with Crippen molar-refractivity contribution in [1.29, 1.82) is 0 Å². The summed E-state index contributed by atoms with van der Waals surface area (Å²) in [6.07, 6.45) is 6.14. The standard InChI is InChI=1S/C17H23ClN2O2S/c1-3-11-20(12-14-7-8-15(18)23-14)16(22)17(19-13(2)21)9-5-4-6-10-17/h3,7-8H,1,4-6,9-12H2,2H3,(H,19,21). The summed E-state index contributed by atoms with van der Waals surface area (Å²) in [5.41, 5.74) is -0.770. The number of rotatable bonds is 6. The minimum atomic E-state index is -0.770. The molecule has 0 aromatic carbocycles. The third kappa shape index (κ3) is 4.58. The molecule has 2 rings (SSSR count). The first-order valence-corrected chi connectivity index (χ1v) is 9.09. The molecule has 4 nitrogen and oxygen atoms in total. The number of thiophene rings is 1. The lowest BCUT2D eigenvalue weighted by Gasteiger charge is -2.40. The highest BCUT2D eigenvalue weighted by molar-refractivity contribution is 7.16. The van der Waals surface area contributed by atoms with Crippen molar-refractivity contribution in [3.8, 4) is 0 Å². The van der Waals surface area contributed by atoms with Gasteiger partial charge in [0, 0.05) is 18.3 Å². The van der Waals surface area contributed by atoms with Crippen LogP contribution in [0.4, 0.5) is 0 Å². The Morgan fingerprint density at radius 2 is 2.09 bits per heavy atom. The summed E-state index contributed by atoms with van der Waals surface area (Å²) >= 11 is 7.45. The van der Waals surface area contributed by atoms with Crippen LogP contribution >= 0.6 is 22.9 Å². The molecule has 1 saturated carbocycles. The second-order valence-electron chi connectivity index (χ2n) is 6.00. The highest BCUT2D eigenvalue weighted by atomic mass is 35.5. The molecule has 1 aliphatic rings. The van der Waals surface area contributed by atoms with E-state index in [1.807, 2.05) is 12.1 Å². The molecule has 0 aliphatic heterocycles. The number of hydrogen-bond acceptors (Lipinski definition) is 3. The number of carbonyl (C=O) groups is 2. The van der Waals surface area contributed by atoms with Crippen LogP contribution in [0.3, 0.4) is 0 Å². The number of halogens is 1. The van der Waals surface area contributed by atoms with Gasteiger partial charge in [0.05, 0.1) is 10.9 Å². The smallest absolute Gasteiger partial charge is 0.248 e. The Balaban J connectivity index is 2.22. The molecule has 2 amide bonds. The van der Waals surface area contributed by atoms with Gasteiger partial charge in [-0.2, -0.15) is 0 Å². The first kappa shape index (κ1) is 18.0. The number of nitrogens with one attached hydrogen (secondary N) is 1. The third-order valence-corrected chi connectivity index (χ3v) is 5.36. The molecule has 0 radical (unpaired) electrons. The van der Waals surface area contributed by atoms with Crippen LogP contribution in [0, 0.1) is 0 Å². The first-order valence-electron chi connectivity index (χ1n) is 7.90. The Labute approximate surface area is 146 Å². The summed E-state index contributed by atoms with van der Waals surface area (Å²) in [5, 5.41) is 2.94. The first-order chi connectivity index (χ1) is 11.0. The van der Waals surface area contributed by atoms with Crippen molar-refractivity contribution in [3.63, 3.8) is 0 Å². The number of nitrogens with zero attached hydrogens (tertiary/aromatic N) is 1. The lowest BCUT2D eigenvalue weighted by atomic mass is 9.80. The minimum absolute atomic E-state index is 0.0168. The van der Waals surface area contributed by atoms with Crippen LogP contribution in [0.5, 0.6) is 0 Å². The fourth-order valence-corrected chi connectivity index (χ4v) is 4.29. The van der Waals surface area contributed by atoms with Gasteiger partial charge in [0.1, 0.15) is 5.54 Å². The van der Waals surface area contributed by atoms with Gasteiger partial charge in [-0.05, 0) is 25.0 Å². The summed E-state index contributed by atoms with van der Waals surface area (Å²) in [5.74, 6) is -0.171. The summed E-state index contributed by atoms with van der Waals surface area (Å²) in [6.45, 7) is 6.17. The molecule has 1 N–H and O–H groups in total. The van der Waals surface area contributed by atoms with E-state index >= 15 is 0 Å². The van der Waals surface area contributed by atoms with Crippen LogP contribution in [-0.2, 0) is 16.1 Å². The molecule has 0 atom stereocenters. The van der Waals surface area contributed by atoms with Gasteiger partial charge < -0.3 is 10.2 Å². The van der Waals surface area contributed by atoms with Gasteiger partial charge >= 0.3 is 0 Å². The van der Waals surface area contributed by atoms with Gasteiger partial charge in [-0.25, -0.2) is 0 Å². The lowest BCUT2D eigenvalue weighted by molar-refractivity contribution is -0.143. The van der Waals surface area contributed by atoms with E-state index in [-0.39, 0.29) is 11.8 Å². The molecule has 0 spiro atoms. The molecule has 0 unspecified atom stereocenters. The highest BCUT2D eigenvalue weighted by Crippen LogP contribution is 2.31. The molecule has 126 valence electrons. The van der Waals surface area contributed by atoms with Crippen LogP contribution in [-0.4, -0.2) is 28.8 Å². The second kappa shape index (κ2) is 7.97. The largest absolute Gasteiger partial charge is 0.342 e. The molecule has 1 aromatic rings. The second-order valence-corrected chi connectivity index (χ2v) is 7.80. The van der Waals surface area contributed by atoms with Gasteiger partial charge in [-0.3, -0.25) is 9.59 Å². The van der Waals surface area contributed by atoms with Crippen molar-refractivity contribution in [2.45, 2.75) is 51.1 Å². The van der Waals surface area contributed by atoms with Crippen LogP contribution in [0.1, 0.15) is 43.9 Å². The molecular formula is C17H23ClN2O2S. The maximum absolute atomic E-state index is 13.2. The molecular weight excluding hydrogens is 332 g/mol. The molecule has 1 aliphatic carbocycles. The van der Waals surface area contributed by atoms with Crippen LogP contribution < -0.4 is 5.32 Å². The topological polar surface area (TPSA) is 49.4 Å². The number of amides is 2. The van der Waals surface area contributed by atoms with Crippen LogP contribution in [0.2, 0.25) is 4.34 Å². The summed E-state index contributed by atoms with van der Waals surface area (Å²) < 4.78 is 0.709. The normalized spacial score (nSPS) is 16.6. The Bertz CT molecular complexity index is 579. The van der Waals surface area contributed by atoms with E-state index in [4.69, 9.17) is 11.6 Å². The summed E-state index contributed by atoms with van der Waals surface area (Å²) in [7, 11) is 0. The molecule has 0 bridgehead atoms. The average molecular weight is 355 g/mol.